The number of aromatic nitrogens is 3. The van der Waals surface area contributed by atoms with Crippen LogP contribution in [0.4, 0.5) is 10.9 Å². The molecule has 0 amide bonds. The lowest BCUT2D eigenvalue weighted by Gasteiger charge is -2.25. The highest BCUT2D eigenvalue weighted by molar-refractivity contribution is 7.59. The Balaban J connectivity index is 0.00000241. The van der Waals surface area contributed by atoms with Crippen LogP contribution in [0.2, 0.25) is 0 Å². The molecule has 0 radical (unpaired) electrons. The number of carbonyl (C=O) groups excluding carboxylic acids is 1. The molecule has 5 heterocycles. The minimum atomic E-state index is -0.327. The number of fused-ring (bicyclic) bond motifs is 1. The lowest BCUT2D eigenvalue weighted by molar-refractivity contribution is 0.0988. The number of morpholine rings is 1. The van der Waals surface area contributed by atoms with E-state index in [1.165, 1.54) is 0 Å². The number of β-amino-alcohol motifs (C(OH)–C–C–N with tert-alkyl or cyclic N) is 1. The summed E-state index contributed by atoms with van der Waals surface area (Å²) in [6.45, 7) is 4.45. The van der Waals surface area contributed by atoms with Gasteiger partial charge in [0.2, 0.25) is 0 Å². The van der Waals surface area contributed by atoms with Crippen LogP contribution in [0.1, 0.15) is 46.9 Å². The SMILES string of the molecule is O=C(Cc1cc2sc(N3CCOCC3)nc2nc1C1CC1)c1cccc(N2CC[C@H](O)C2)n1.S. The van der Waals surface area contributed by atoms with Gasteiger partial charge in [-0.1, -0.05) is 17.4 Å². The number of pyridine rings is 2. The van der Waals surface area contributed by atoms with Crippen molar-refractivity contribution in [3.8, 4) is 0 Å². The summed E-state index contributed by atoms with van der Waals surface area (Å²) in [5.41, 5.74) is 3.27. The van der Waals surface area contributed by atoms with E-state index >= 15 is 0 Å². The van der Waals surface area contributed by atoms with Crippen molar-refractivity contribution in [3.63, 3.8) is 0 Å². The van der Waals surface area contributed by atoms with Crippen molar-refractivity contribution in [3.05, 3.63) is 41.2 Å². The Morgan fingerprint density at radius 3 is 2.65 bits per heavy atom. The lowest BCUT2D eigenvalue weighted by atomic mass is 10.0. The van der Waals surface area contributed by atoms with Crippen molar-refractivity contribution in [2.75, 3.05) is 49.2 Å². The quantitative estimate of drug-likeness (QED) is 0.518. The maximum absolute atomic E-state index is 13.2. The van der Waals surface area contributed by atoms with E-state index in [-0.39, 0.29) is 25.4 Å². The molecule has 8 nitrogen and oxygen atoms in total. The predicted octanol–water partition coefficient (Wildman–Crippen LogP) is 2.91. The average Bonchev–Trinajstić information content (AvgIpc) is 3.46. The van der Waals surface area contributed by atoms with Gasteiger partial charge in [-0.3, -0.25) is 4.79 Å². The number of ether oxygens (including phenoxy) is 1. The number of nitrogens with zero attached hydrogens (tertiary/aromatic N) is 5. The van der Waals surface area contributed by atoms with Crippen LogP contribution >= 0.6 is 24.8 Å². The van der Waals surface area contributed by atoms with Gasteiger partial charge in [0, 0.05) is 44.2 Å². The molecule has 3 aliphatic rings. The summed E-state index contributed by atoms with van der Waals surface area (Å²) in [4.78, 5) is 31.9. The van der Waals surface area contributed by atoms with Gasteiger partial charge in [0.15, 0.2) is 16.6 Å². The van der Waals surface area contributed by atoms with Crippen LogP contribution in [0.5, 0.6) is 0 Å². The molecule has 2 aliphatic heterocycles. The minimum absolute atomic E-state index is 0. The van der Waals surface area contributed by atoms with Gasteiger partial charge in [0.25, 0.3) is 0 Å². The van der Waals surface area contributed by atoms with Crippen molar-refractivity contribution >= 4 is 51.9 Å². The Hall–Kier alpha value is -2.27. The van der Waals surface area contributed by atoms with Gasteiger partial charge in [-0.15, -0.1) is 0 Å². The third kappa shape index (κ3) is 4.77. The molecule has 10 heteroatoms. The molecule has 6 rings (SSSR count). The highest BCUT2D eigenvalue weighted by Gasteiger charge is 2.30. The topological polar surface area (TPSA) is 91.7 Å². The van der Waals surface area contributed by atoms with Gasteiger partial charge < -0.3 is 19.6 Å². The fourth-order valence-electron chi connectivity index (χ4n) is 4.61. The first-order valence-electron chi connectivity index (χ1n) is 11.7. The third-order valence-electron chi connectivity index (χ3n) is 6.59. The van der Waals surface area contributed by atoms with Crippen LogP contribution in [-0.4, -0.2) is 71.3 Å². The fraction of sp³-hybridized carbons (Fsp3) is 0.500. The molecule has 1 aliphatic carbocycles. The van der Waals surface area contributed by atoms with E-state index in [0.717, 1.165) is 84.7 Å². The van der Waals surface area contributed by atoms with Crippen LogP contribution < -0.4 is 9.80 Å². The number of thiazole rings is 1. The van der Waals surface area contributed by atoms with E-state index in [1.54, 1.807) is 17.4 Å². The highest BCUT2D eigenvalue weighted by Crippen LogP contribution is 2.42. The van der Waals surface area contributed by atoms with Gasteiger partial charge in [0.1, 0.15) is 11.5 Å². The first-order chi connectivity index (χ1) is 16.1. The lowest BCUT2D eigenvalue weighted by Crippen LogP contribution is -2.36. The molecule has 3 aromatic rings. The summed E-state index contributed by atoms with van der Waals surface area (Å²) in [6, 6.07) is 7.68. The van der Waals surface area contributed by atoms with E-state index < -0.39 is 0 Å². The predicted molar refractivity (Wildman–Crippen MR) is 138 cm³/mol. The number of hydrogen-bond acceptors (Lipinski definition) is 9. The summed E-state index contributed by atoms with van der Waals surface area (Å²) in [6.07, 6.45) is 2.93. The molecule has 180 valence electrons. The molecular formula is C24H29N5O3S2. The van der Waals surface area contributed by atoms with E-state index in [0.29, 0.717) is 24.6 Å². The number of anilines is 2. The first kappa shape index (κ1) is 23.5. The monoisotopic (exact) mass is 499 g/mol. The smallest absolute Gasteiger partial charge is 0.188 e. The second-order valence-corrected chi connectivity index (χ2v) is 10.1. The normalized spacial score (nSPS) is 20.6. The van der Waals surface area contributed by atoms with Gasteiger partial charge in [0.05, 0.1) is 24.0 Å². The number of hydrogen-bond donors (Lipinski definition) is 1. The maximum Gasteiger partial charge on any atom is 0.188 e. The minimum Gasteiger partial charge on any atom is -0.391 e. The molecule has 0 unspecified atom stereocenters. The molecule has 0 spiro atoms. The molecular weight excluding hydrogens is 470 g/mol. The van der Waals surface area contributed by atoms with Gasteiger partial charge in [-0.2, -0.15) is 18.5 Å². The van der Waals surface area contributed by atoms with Crippen molar-refractivity contribution in [2.24, 2.45) is 0 Å². The van der Waals surface area contributed by atoms with Crippen molar-refractivity contribution in [1.29, 1.82) is 0 Å². The molecule has 1 saturated carbocycles. The van der Waals surface area contributed by atoms with E-state index in [9.17, 15) is 9.90 Å². The van der Waals surface area contributed by atoms with Gasteiger partial charge in [-0.25, -0.2) is 9.97 Å². The van der Waals surface area contributed by atoms with Crippen LogP contribution in [0.15, 0.2) is 24.3 Å². The van der Waals surface area contributed by atoms with Crippen LogP contribution in [-0.2, 0) is 11.2 Å². The maximum atomic E-state index is 13.2. The number of aliphatic hydroxyl groups excluding tert-OH is 1. The Kier molecular flexibility index (Phi) is 6.74. The Labute approximate surface area is 209 Å². The average molecular weight is 500 g/mol. The Bertz CT molecular complexity index is 1190. The summed E-state index contributed by atoms with van der Waals surface area (Å²) in [5.74, 6) is 1.18. The van der Waals surface area contributed by atoms with Crippen LogP contribution in [0.3, 0.4) is 0 Å². The molecule has 3 aromatic heterocycles. The molecule has 0 aromatic carbocycles. The molecule has 0 bridgehead atoms. The fourth-order valence-corrected chi connectivity index (χ4v) is 5.64. The van der Waals surface area contributed by atoms with Gasteiger partial charge in [-0.05, 0) is 43.0 Å². The number of Topliss-reactive ketones (excluding diaryl/α,β-unsaturated/α-hetero) is 1. The second kappa shape index (κ2) is 9.77. The Morgan fingerprint density at radius 2 is 1.91 bits per heavy atom. The number of rotatable bonds is 6. The van der Waals surface area contributed by atoms with E-state index in [1.807, 2.05) is 17.0 Å². The summed E-state index contributed by atoms with van der Waals surface area (Å²) >= 11 is 1.64. The zero-order chi connectivity index (χ0) is 22.4. The van der Waals surface area contributed by atoms with E-state index in [4.69, 9.17) is 14.7 Å². The van der Waals surface area contributed by atoms with Crippen molar-refractivity contribution in [1.82, 2.24) is 15.0 Å². The first-order valence-corrected chi connectivity index (χ1v) is 12.5. The van der Waals surface area contributed by atoms with Crippen LogP contribution in [0.25, 0.3) is 10.3 Å². The summed E-state index contributed by atoms with van der Waals surface area (Å²) in [7, 11) is 0. The zero-order valence-corrected chi connectivity index (χ0v) is 20.8. The third-order valence-corrected chi connectivity index (χ3v) is 7.64. The molecule has 2 saturated heterocycles. The molecule has 1 N–H and O–H groups in total. The highest BCUT2D eigenvalue weighted by atomic mass is 32.1. The summed E-state index contributed by atoms with van der Waals surface area (Å²) in [5, 5.41) is 10.8. The second-order valence-electron chi connectivity index (χ2n) is 9.09. The summed E-state index contributed by atoms with van der Waals surface area (Å²) < 4.78 is 6.49. The van der Waals surface area contributed by atoms with Crippen LogP contribution in [0, 0.1) is 0 Å². The molecule has 1 atom stereocenters. The number of ketones is 1. The van der Waals surface area contributed by atoms with E-state index in [2.05, 4.69) is 16.0 Å². The number of carbonyl (C=O) groups is 1. The van der Waals surface area contributed by atoms with Gasteiger partial charge >= 0.3 is 0 Å². The zero-order valence-electron chi connectivity index (χ0n) is 18.9. The largest absolute Gasteiger partial charge is 0.391 e. The molecule has 34 heavy (non-hydrogen) atoms. The Morgan fingerprint density at radius 1 is 1.09 bits per heavy atom. The van der Waals surface area contributed by atoms with Crippen molar-refractivity contribution < 1.29 is 14.6 Å². The standard InChI is InChI=1S/C24H27N5O3S.H2S/c30-17-6-7-29(14-17)21-3-1-2-18(25-21)19(31)12-16-13-20-23(26-22(16)15-4-5-15)27-24(33-20)28-8-10-32-11-9-28;/h1-3,13,15,17,30H,4-12,14H2;1H2/t17-;/m0./s1. The molecule has 3 fully saturated rings. The number of aliphatic hydroxyl groups is 1. The van der Waals surface area contributed by atoms with Crippen molar-refractivity contribution in [2.45, 2.75) is 37.7 Å².